The summed E-state index contributed by atoms with van der Waals surface area (Å²) in [6, 6.07) is 12.3. The molecule has 1 aliphatic heterocycles. The van der Waals surface area contributed by atoms with Crippen LogP contribution in [-0.4, -0.2) is 24.7 Å². The molecule has 2 aromatic rings. The highest BCUT2D eigenvalue weighted by Gasteiger charge is 2.31. The molecule has 0 unspecified atom stereocenters. The largest absolute Gasteiger partial charge is 0.416 e. The molecule has 28 heavy (non-hydrogen) atoms. The second-order valence-corrected chi connectivity index (χ2v) is 7.03. The maximum Gasteiger partial charge on any atom is 0.416 e. The molecule has 0 atom stereocenters. The number of rotatable bonds is 4. The van der Waals surface area contributed by atoms with Gasteiger partial charge in [-0.25, -0.2) is 0 Å². The molecule has 1 aliphatic rings. The molecule has 148 valence electrons. The Morgan fingerprint density at radius 2 is 1.82 bits per heavy atom. The first kappa shape index (κ1) is 20.1. The van der Waals surface area contributed by atoms with Crippen LogP contribution < -0.4 is 4.90 Å². The van der Waals surface area contributed by atoms with E-state index < -0.39 is 11.7 Å². The Morgan fingerprint density at radius 1 is 1.07 bits per heavy atom. The predicted octanol–water partition coefficient (Wildman–Crippen LogP) is 5.68. The van der Waals surface area contributed by atoms with Crippen LogP contribution in [0.25, 0.3) is 0 Å². The molecule has 0 N–H and O–H groups in total. The number of Topliss-reactive ketones (excluding diaryl/α,β-unsaturated/α-hetero) is 1. The molecule has 1 heterocycles. The summed E-state index contributed by atoms with van der Waals surface area (Å²) in [5, 5.41) is 0. The summed E-state index contributed by atoms with van der Waals surface area (Å²) >= 11 is 0. The van der Waals surface area contributed by atoms with Crippen molar-refractivity contribution in [1.29, 1.82) is 0 Å². The number of nitrogens with zero attached hydrogens (tertiary/aromatic N) is 2. The molecule has 0 spiro atoms. The lowest BCUT2D eigenvalue weighted by atomic mass is 10.1. The topological polar surface area (TPSA) is 32.7 Å². The third-order valence-corrected chi connectivity index (χ3v) is 4.82. The Kier molecular flexibility index (Phi) is 6.17. The van der Waals surface area contributed by atoms with Gasteiger partial charge in [0.25, 0.3) is 0 Å². The van der Waals surface area contributed by atoms with Crippen molar-refractivity contribution in [2.75, 3.05) is 18.0 Å². The summed E-state index contributed by atoms with van der Waals surface area (Å²) in [6.45, 7) is 2.52. The minimum Gasteiger partial charge on any atom is -0.322 e. The van der Waals surface area contributed by atoms with Crippen LogP contribution in [-0.2, 0) is 6.18 Å². The van der Waals surface area contributed by atoms with Gasteiger partial charge < -0.3 is 4.90 Å². The summed E-state index contributed by atoms with van der Waals surface area (Å²) in [5.74, 6) is 0.529. The Bertz CT molecular complexity index is 857. The molecule has 0 aromatic heterocycles. The average molecular weight is 388 g/mol. The lowest BCUT2D eigenvalue weighted by molar-refractivity contribution is -0.137. The molecule has 0 fully saturated rings. The van der Waals surface area contributed by atoms with Gasteiger partial charge in [0.15, 0.2) is 5.78 Å². The van der Waals surface area contributed by atoms with E-state index in [2.05, 4.69) is 4.99 Å². The summed E-state index contributed by atoms with van der Waals surface area (Å²) < 4.78 is 39.6. The van der Waals surface area contributed by atoms with Crippen LogP contribution in [0.15, 0.2) is 53.5 Å². The zero-order valence-electron chi connectivity index (χ0n) is 15.8. The smallest absolute Gasteiger partial charge is 0.322 e. The van der Waals surface area contributed by atoms with Gasteiger partial charge in [-0.05, 0) is 38.0 Å². The van der Waals surface area contributed by atoms with Crippen LogP contribution >= 0.6 is 0 Å². The van der Waals surface area contributed by atoms with E-state index in [4.69, 9.17) is 0 Å². The molecule has 0 radical (unpaired) electrons. The van der Waals surface area contributed by atoms with Crippen LogP contribution in [0.5, 0.6) is 0 Å². The lowest BCUT2D eigenvalue weighted by Crippen LogP contribution is -2.36. The summed E-state index contributed by atoms with van der Waals surface area (Å²) in [4.78, 5) is 19.0. The summed E-state index contributed by atoms with van der Waals surface area (Å²) in [5.41, 5.74) is 1.19. The molecule has 0 amide bonds. The van der Waals surface area contributed by atoms with E-state index >= 15 is 0 Å². The molecule has 6 heteroatoms. The van der Waals surface area contributed by atoms with E-state index in [1.54, 1.807) is 23.1 Å². The number of anilines is 1. The van der Waals surface area contributed by atoms with Crippen LogP contribution in [0, 0.1) is 6.92 Å². The SMILES string of the molecule is Cc1ccc(C(=O)CN(C2=NCCCCC2)c2cccc(C(F)(F)F)c2)cc1. The van der Waals surface area contributed by atoms with Crippen molar-refractivity contribution in [3.05, 3.63) is 65.2 Å². The molecular formula is C22H23F3N2O. The number of aryl methyl sites for hydroxylation is 1. The normalized spacial score (nSPS) is 14.9. The molecule has 3 nitrogen and oxygen atoms in total. The third-order valence-electron chi connectivity index (χ3n) is 4.82. The predicted molar refractivity (Wildman–Crippen MR) is 105 cm³/mol. The highest BCUT2D eigenvalue weighted by Crippen LogP contribution is 2.32. The standard InChI is InChI=1S/C22H23F3N2O/c1-16-9-11-17(12-10-16)20(28)15-27(21-8-3-2-4-13-26-21)19-7-5-6-18(14-19)22(23,24)25/h5-7,9-12,14H,2-4,8,13,15H2,1H3. The van der Waals surface area contributed by atoms with Crippen molar-refractivity contribution in [3.63, 3.8) is 0 Å². The second kappa shape index (κ2) is 8.59. The van der Waals surface area contributed by atoms with Gasteiger partial charge in [-0.2, -0.15) is 13.2 Å². The van der Waals surface area contributed by atoms with Crippen LogP contribution in [0.2, 0.25) is 0 Å². The fourth-order valence-corrected chi connectivity index (χ4v) is 3.24. The van der Waals surface area contributed by atoms with E-state index in [9.17, 15) is 18.0 Å². The molecule has 0 aliphatic carbocycles. The van der Waals surface area contributed by atoms with E-state index in [0.29, 0.717) is 30.1 Å². The van der Waals surface area contributed by atoms with E-state index in [1.165, 1.54) is 6.07 Å². The number of hydrogen-bond acceptors (Lipinski definition) is 3. The first-order chi connectivity index (χ1) is 13.3. The molecule has 2 aromatic carbocycles. The quantitative estimate of drug-likeness (QED) is 0.632. The first-order valence-electron chi connectivity index (χ1n) is 9.42. The zero-order valence-corrected chi connectivity index (χ0v) is 15.8. The van der Waals surface area contributed by atoms with E-state index in [0.717, 1.165) is 37.0 Å². The highest BCUT2D eigenvalue weighted by atomic mass is 19.4. The minimum absolute atomic E-state index is 0.0385. The molecule has 0 saturated carbocycles. The molecule has 3 rings (SSSR count). The van der Waals surface area contributed by atoms with Gasteiger partial charge >= 0.3 is 6.18 Å². The maximum absolute atomic E-state index is 13.2. The van der Waals surface area contributed by atoms with Crippen LogP contribution in [0.3, 0.4) is 0 Å². The zero-order chi connectivity index (χ0) is 20.1. The minimum atomic E-state index is -4.44. The Morgan fingerprint density at radius 3 is 2.54 bits per heavy atom. The number of hydrogen-bond donors (Lipinski definition) is 0. The van der Waals surface area contributed by atoms with Crippen molar-refractivity contribution in [3.8, 4) is 0 Å². The van der Waals surface area contributed by atoms with Gasteiger partial charge in [0.1, 0.15) is 5.84 Å². The summed E-state index contributed by atoms with van der Waals surface area (Å²) in [7, 11) is 0. The van der Waals surface area contributed by atoms with E-state index in [-0.39, 0.29) is 12.3 Å². The van der Waals surface area contributed by atoms with Gasteiger partial charge in [-0.3, -0.25) is 9.79 Å². The summed E-state index contributed by atoms with van der Waals surface area (Å²) in [6.07, 6.45) is -0.903. The van der Waals surface area contributed by atoms with Gasteiger partial charge in [-0.1, -0.05) is 42.3 Å². The Balaban J connectivity index is 1.94. The van der Waals surface area contributed by atoms with Crippen LogP contribution in [0.4, 0.5) is 18.9 Å². The number of aliphatic imine (C=N–C) groups is 1. The van der Waals surface area contributed by atoms with Gasteiger partial charge in [-0.15, -0.1) is 0 Å². The average Bonchev–Trinajstić information content (AvgIpc) is 2.95. The maximum atomic E-state index is 13.2. The van der Waals surface area contributed by atoms with Crippen LogP contribution in [0.1, 0.15) is 47.2 Å². The number of carbonyl (C=O) groups is 1. The first-order valence-corrected chi connectivity index (χ1v) is 9.42. The number of alkyl halides is 3. The number of ketones is 1. The molecule has 0 saturated heterocycles. The molecule has 0 bridgehead atoms. The second-order valence-electron chi connectivity index (χ2n) is 7.03. The monoisotopic (exact) mass is 388 g/mol. The van der Waals surface area contributed by atoms with Gasteiger partial charge in [0.2, 0.25) is 0 Å². The van der Waals surface area contributed by atoms with E-state index in [1.807, 2.05) is 19.1 Å². The van der Waals surface area contributed by atoms with Gasteiger partial charge in [0, 0.05) is 24.2 Å². The third kappa shape index (κ3) is 5.00. The Labute approximate surface area is 162 Å². The van der Waals surface area contributed by atoms with Crippen molar-refractivity contribution in [2.24, 2.45) is 4.99 Å². The van der Waals surface area contributed by atoms with Crippen molar-refractivity contribution < 1.29 is 18.0 Å². The fraction of sp³-hybridized carbons (Fsp3) is 0.364. The van der Waals surface area contributed by atoms with Crippen molar-refractivity contribution in [1.82, 2.24) is 0 Å². The highest BCUT2D eigenvalue weighted by molar-refractivity contribution is 6.07. The number of amidine groups is 1. The molecular weight excluding hydrogens is 365 g/mol. The lowest BCUT2D eigenvalue weighted by Gasteiger charge is -2.26. The van der Waals surface area contributed by atoms with Gasteiger partial charge in [0.05, 0.1) is 12.1 Å². The number of benzene rings is 2. The number of halogens is 3. The number of carbonyl (C=O) groups excluding carboxylic acids is 1. The fourth-order valence-electron chi connectivity index (χ4n) is 3.24. The van der Waals surface area contributed by atoms with Crippen molar-refractivity contribution >= 4 is 17.3 Å². The Hall–Kier alpha value is -2.63. The van der Waals surface area contributed by atoms with Crippen molar-refractivity contribution in [2.45, 2.75) is 38.8 Å².